The van der Waals surface area contributed by atoms with Gasteiger partial charge in [-0.25, -0.2) is 4.98 Å². The molecule has 1 N–H and O–H groups in total. The number of carbonyl (C=O) groups excluding carboxylic acids is 1. The van der Waals surface area contributed by atoms with Crippen LogP contribution in [0.25, 0.3) is 11.4 Å². The molecule has 1 fully saturated rings. The molecule has 1 aromatic carbocycles. The summed E-state index contributed by atoms with van der Waals surface area (Å²) in [5, 5.41) is 7.28. The summed E-state index contributed by atoms with van der Waals surface area (Å²) < 4.78 is 5.14. The molecular formula is C20H20ClN5O2. The molecule has 0 unspecified atom stereocenters. The first-order valence-electron chi connectivity index (χ1n) is 9.27. The molecule has 4 rings (SSSR count). The number of anilines is 1. The van der Waals surface area contributed by atoms with Crippen LogP contribution in [0, 0.1) is 0 Å². The Hall–Kier alpha value is -2.93. The first-order chi connectivity index (χ1) is 13.7. The predicted molar refractivity (Wildman–Crippen MR) is 106 cm³/mol. The number of hydrogen-bond donors (Lipinski definition) is 1. The molecule has 1 saturated heterocycles. The Morgan fingerprint density at radius 3 is 2.82 bits per heavy atom. The van der Waals surface area contributed by atoms with Crippen molar-refractivity contribution in [3.63, 3.8) is 0 Å². The van der Waals surface area contributed by atoms with Crippen molar-refractivity contribution in [1.29, 1.82) is 0 Å². The number of aromatic nitrogens is 3. The third-order valence-corrected chi connectivity index (χ3v) is 5.07. The second-order valence-electron chi connectivity index (χ2n) is 6.65. The number of nitrogens with one attached hydrogen (secondary N) is 1. The van der Waals surface area contributed by atoms with E-state index in [9.17, 15) is 4.79 Å². The van der Waals surface area contributed by atoms with Gasteiger partial charge in [0.05, 0.1) is 0 Å². The maximum Gasteiger partial charge on any atom is 0.316 e. The molecule has 3 heterocycles. The minimum atomic E-state index is -0.441. The van der Waals surface area contributed by atoms with Crippen molar-refractivity contribution in [3.8, 4) is 11.4 Å². The van der Waals surface area contributed by atoms with Crippen LogP contribution in [0.15, 0.2) is 47.1 Å². The number of nitrogens with zero attached hydrogens (tertiary/aromatic N) is 4. The number of halogens is 1. The predicted octanol–water partition coefficient (Wildman–Crippen LogP) is 3.71. The summed E-state index contributed by atoms with van der Waals surface area (Å²) in [6, 6.07) is 11.1. The van der Waals surface area contributed by atoms with Crippen LogP contribution < -0.4 is 10.2 Å². The molecule has 8 heteroatoms. The Kier molecular flexibility index (Phi) is 5.53. The van der Waals surface area contributed by atoms with E-state index in [4.69, 9.17) is 16.1 Å². The number of benzene rings is 1. The summed E-state index contributed by atoms with van der Waals surface area (Å²) in [4.78, 5) is 23.3. The minimum Gasteiger partial charge on any atom is -0.357 e. The summed E-state index contributed by atoms with van der Waals surface area (Å²) >= 11 is 6.10. The number of carbonyl (C=O) groups is 1. The molecule has 7 nitrogen and oxygen atoms in total. The first-order valence-corrected chi connectivity index (χ1v) is 9.65. The number of amides is 1. The zero-order chi connectivity index (χ0) is 19.3. The van der Waals surface area contributed by atoms with Crippen molar-refractivity contribution in [3.05, 3.63) is 59.1 Å². The molecule has 1 aliphatic rings. The Morgan fingerprint density at radius 2 is 2.00 bits per heavy atom. The van der Waals surface area contributed by atoms with E-state index in [0.717, 1.165) is 30.0 Å². The molecular weight excluding hydrogens is 378 g/mol. The van der Waals surface area contributed by atoms with Crippen LogP contribution in [0.5, 0.6) is 0 Å². The van der Waals surface area contributed by atoms with E-state index in [2.05, 4.69) is 25.3 Å². The van der Waals surface area contributed by atoms with E-state index in [1.807, 2.05) is 30.3 Å². The van der Waals surface area contributed by atoms with Crippen LogP contribution >= 0.6 is 11.6 Å². The molecule has 0 saturated carbocycles. The summed E-state index contributed by atoms with van der Waals surface area (Å²) in [5.74, 6) is 0.734. The zero-order valence-corrected chi connectivity index (χ0v) is 16.0. The summed E-state index contributed by atoms with van der Waals surface area (Å²) in [7, 11) is 0. The lowest BCUT2D eigenvalue weighted by Gasteiger charge is -2.27. The van der Waals surface area contributed by atoms with Crippen LogP contribution in [0.1, 0.15) is 35.5 Å². The van der Waals surface area contributed by atoms with E-state index in [-0.39, 0.29) is 12.4 Å². The SMILES string of the molecule is O=C(NCc1ccccc1Cl)c1nc(-c2ccnc(N3CCCCC3)c2)no1. The van der Waals surface area contributed by atoms with Gasteiger partial charge in [-0.1, -0.05) is 35.0 Å². The Balaban J connectivity index is 1.45. The van der Waals surface area contributed by atoms with Gasteiger partial charge in [0.2, 0.25) is 5.82 Å². The number of piperidine rings is 1. The highest BCUT2D eigenvalue weighted by Gasteiger charge is 2.18. The number of rotatable bonds is 5. The Morgan fingerprint density at radius 1 is 1.18 bits per heavy atom. The average molecular weight is 398 g/mol. The molecule has 1 amide bonds. The first kappa shape index (κ1) is 18.4. The normalized spacial score (nSPS) is 14.1. The van der Waals surface area contributed by atoms with Crippen molar-refractivity contribution >= 4 is 23.3 Å². The molecule has 3 aromatic rings. The fourth-order valence-electron chi connectivity index (χ4n) is 3.18. The third kappa shape index (κ3) is 4.14. The van der Waals surface area contributed by atoms with Gasteiger partial charge in [0.15, 0.2) is 0 Å². The van der Waals surface area contributed by atoms with Crippen LogP contribution in [-0.2, 0) is 6.54 Å². The Bertz CT molecular complexity index is 968. The largest absolute Gasteiger partial charge is 0.357 e. The van der Waals surface area contributed by atoms with E-state index >= 15 is 0 Å². The smallest absolute Gasteiger partial charge is 0.316 e. The van der Waals surface area contributed by atoms with Crippen LogP contribution in [0.3, 0.4) is 0 Å². The molecule has 0 spiro atoms. The van der Waals surface area contributed by atoms with E-state index in [1.54, 1.807) is 12.3 Å². The number of hydrogen-bond acceptors (Lipinski definition) is 6. The highest BCUT2D eigenvalue weighted by atomic mass is 35.5. The molecule has 0 aliphatic carbocycles. The van der Waals surface area contributed by atoms with Gasteiger partial charge in [0.25, 0.3) is 0 Å². The molecule has 28 heavy (non-hydrogen) atoms. The average Bonchev–Trinajstić information content (AvgIpc) is 3.24. The lowest BCUT2D eigenvalue weighted by Crippen LogP contribution is -2.30. The van der Waals surface area contributed by atoms with Crippen molar-refractivity contribution in [2.24, 2.45) is 0 Å². The summed E-state index contributed by atoms with van der Waals surface area (Å²) in [6.45, 7) is 2.28. The Labute approximate surface area is 167 Å². The fourth-order valence-corrected chi connectivity index (χ4v) is 3.38. The highest BCUT2D eigenvalue weighted by molar-refractivity contribution is 6.31. The summed E-state index contributed by atoms with van der Waals surface area (Å²) in [6.07, 6.45) is 5.33. The molecule has 1 aliphatic heterocycles. The van der Waals surface area contributed by atoms with Crippen molar-refractivity contribution in [2.75, 3.05) is 18.0 Å². The van der Waals surface area contributed by atoms with E-state index < -0.39 is 5.91 Å². The molecule has 0 radical (unpaired) electrons. The second-order valence-corrected chi connectivity index (χ2v) is 7.05. The lowest BCUT2D eigenvalue weighted by molar-refractivity contribution is 0.0907. The van der Waals surface area contributed by atoms with Crippen molar-refractivity contribution < 1.29 is 9.32 Å². The van der Waals surface area contributed by atoms with Gasteiger partial charge in [-0.05, 0) is 43.0 Å². The molecule has 0 bridgehead atoms. The minimum absolute atomic E-state index is 0.0848. The zero-order valence-electron chi connectivity index (χ0n) is 15.3. The molecule has 144 valence electrons. The highest BCUT2D eigenvalue weighted by Crippen LogP contribution is 2.23. The van der Waals surface area contributed by atoms with Gasteiger partial charge >= 0.3 is 11.8 Å². The van der Waals surface area contributed by atoms with Gasteiger partial charge in [-0.3, -0.25) is 4.79 Å². The van der Waals surface area contributed by atoms with Gasteiger partial charge in [-0.2, -0.15) is 4.98 Å². The monoisotopic (exact) mass is 397 g/mol. The maximum atomic E-state index is 12.3. The van der Waals surface area contributed by atoms with E-state index in [1.165, 1.54) is 19.3 Å². The van der Waals surface area contributed by atoms with Crippen LogP contribution in [0.4, 0.5) is 5.82 Å². The number of pyridine rings is 1. The fraction of sp³-hybridized carbons (Fsp3) is 0.300. The standard InChI is InChI=1S/C20H20ClN5O2/c21-16-7-3-2-6-15(16)13-23-19(27)20-24-18(25-28-20)14-8-9-22-17(12-14)26-10-4-1-5-11-26/h2-3,6-9,12H,1,4-5,10-11,13H2,(H,23,27). The second kappa shape index (κ2) is 8.39. The van der Waals surface area contributed by atoms with Crippen LogP contribution in [-0.4, -0.2) is 34.1 Å². The van der Waals surface area contributed by atoms with E-state index in [0.29, 0.717) is 10.8 Å². The maximum absolute atomic E-state index is 12.3. The van der Waals surface area contributed by atoms with Gasteiger partial charge < -0.3 is 14.7 Å². The third-order valence-electron chi connectivity index (χ3n) is 4.70. The van der Waals surface area contributed by atoms with Crippen molar-refractivity contribution in [1.82, 2.24) is 20.4 Å². The molecule has 0 atom stereocenters. The van der Waals surface area contributed by atoms with Crippen molar-refractivity contribution in [2.45, 2.75) is 25.8 Å². The van der Waals surface area contributed by atoms with Gasteiger partial charge in [0.1, 0.15) is 5.82 Å². The summed E-state index contributed by atoms with van der Waals surface area (Å²) in [5.41, 5.74) is 1.59. The van der Waals surface area contributed by atoms with Crippen LogP contribution in [0.2, 0.25) is 5.02 Å². The quantitative estimate of drug-likeness (QED) is 0.706. The topological polar surface area (TPSA) is 84.2 Å². The van der Waals surface area contributed by atoms with Gasteiger partial charge in [-0.15, -0.1) is 0 Å². The molecule has 2 aromatic heterocycles. The lowest BCUT2D eigenvalue weighted by atomic mass is 10.1. The van der Waals surface area contributed by atoms with Gasteiger partial charge in [0, 0.05) is 36.4 Å².